The maximum absolute atomic E-state index is 13.8. The number of halogens is 2. The number of aromatic nitrogens is 2. The van der Waals surface area contributed by atoms with Crippen molar-refractivity contribution in [3.8, 4) is 17.0 Å². The van der Waals surface area contributed by atoms with Gasteiger partial charge in [-0.3, -0.25) is 4.98 Å². The standard InChI is InChI=1S/C15H15ClFN3O/c16-15-7-13(17)12(9-20-15)14-2-1-11(8-19-14)21-10-3-5-18-6-4-10/h1-2,7-10,18H,3-6H2. The summed E-state index contributed by atoms with van der Waals surface area (Å²) >= 11 is 5.64. The normalized spacial score (nSPS) is 15.9. The Bertz CT molecular complexity index is 615. The first-order chi connectivity index (χ1) is 10.2. The van der Waals surface area contributed by atoms with Gasteiger partial charge in [0, 0.05) is 12.3 Å². The molecule has 3 rings (SSSR count). The molecule has 0 radical (unpaired) electrons. The Morgan fingerprint density at radius 1 is 1.19 bits per heavy atom. The summed E-state index contributed by atoms with van der Waals surface area (Å²) in [5.41, 5.74) is 0.835. The third-order valence-corrected chi connectivity index (χ3v) is 3.63. The van der Waals surface area contributed by atoms with Gasteiger partial charge in [-0.1, -0.05) is 11.6 Å². The van der Waals surface area contributed by atoms with E-state index in [1.165, 1.54) is 12.3 Å². The summed E-state index contributed by atoms with van der Waals surface area (Å²) in [6, 6.07) is 4.71. The van der Waals surface area contributed by atoms with Crippen LogP contribution >= 0.6 is 11.6 Å². The van der Waals surface area contributed by atoms with Crippen LogP contribution < -0.4 is 10.1 Å². The van der Waals surface area contributed by atoms with Gasteiger partial charge in [0.15, 0.2) is 0 Å². The fraction of sp³-hybridized carbons (Fsp3) is 0.333. The minimum Gasteiger partial charge on any atom is -0.489 e. The lowest BCUT2D eigenvalue weighted by atomic mass is 10.1. The van der Waals surface area contributed by atoms with Gasteiger partial charge in [-0.2, -0.15) is 0 Å². The Balaban J connectivity index is 1.74. The zero-order chi connectivity index (χ0) is 14.7. The second kappa shape index (κ2) is 6.37. The smallest absolute Gasteiger partial charge is 0.138 e. The molecule has 0 bridgehead atoms. The highest BCUT2D eigenvalue weighted by atomic mass is 35.5. The van der Waals surface area contributed by atoms with E-state index >= 15 is 0 Å². The molecule has 0 saturated carbocycles. The molecule has 4 nitrogen and oxygen atoms in total. The summed E-state index contributed by atoms with van der Waals surface area (Å²) in [4.78, 5) is 8.12. The highest BCUT2D eigenvalue weighted by Gasteiger charge is 2.15. The quantitative estimate of drug-likeness (QED) is 0.885. The fourth-order valence-electron chi connectivity index (χ4n) is 2.31. The number of nitrogens with zero attached hydrogens (tertiary/aromatic N) is 2. The van der Waals surface area contributed by atoms with Crippen molar-refractivity contribution in [3.63, 3.8) is 0 Å². The molecular formula is C15H15ClFN3O. The van der Waals surface area contributed by atoms with Crippen LogP contribution in [0.1, 0.15) is 12.8 Å². The topological polar surface area (TPSA) is 47.0 Å². The van der Waals surface area contributed by atoms with Crippen LogP contribution in [0.5, 0.6) is 5.75 Å². The van der Waals surface area contributed by atoms with E-state index in [1.54, 1.807) is 18.3 Å². The average Bonchev–Trinajstić information content (AvgIpc) is 2.49. The van der Waals surface area contributed by atoms with Crippen molar-refractivity contribution >= 4 is 11.6 Å². The fourth-order valence-corrected chi connectivity index (χ4v) is 2.46. The molecule has 0 amide bonds. The average molecular weight is 308 g/mol. The highest BCUT2D eigenvalue weighted by Crippen LogP contribution is 2.24. The van der Waals surface area contributed by atoms with E-state index in [0.717, 1.165) is 25.9 Å². The number of pyridine rings is 2. The lowest BCUT2D eigenvalue weighted by molar-refractivity contribution is 0.162. The Kier molecular flexibility index (Phi) is 4.31. The SMILES string of the molecule is Fc1cc(Cl)ncc1-c1ccc(OC2CCNCC2)cn1. The van der Waals surface area contributed by atoms with Gasteiger partial charge in [0.2, 0.25) is 0 Å². The van der Waals surface area contributed by atoms with Crippen molar-refractivity contribution in [1.29, 1.82) is 0 Å². The molecule has 2 aromatic rings. The molecule has 6 heteroatoms. The van der Waals surface area contributed by atoms with Crippen LogP contribution in [0.4, 0.5) is 4.39 Å². The zero-order valence-electron chi connectivity index (χ0n) is 11.4. The molecule has 0 aliphatic carbocycles. The summed E-state index contributed by atoms with van der Waals surface area (Å²) in [5, 5.41) is 3.41. The van der Waals surface area contributed by atoms with Crippen LogP contribution in [-0.4, -0.2) is 29.2 Å². The predicted molar refractivity (Wildman–Crippen MR) is 79.0 cm³/mol. The third-order valence-electron chi connectivity index (χ3n) is 3.42. The first kappa shape index (κ1) is 14.2. The van der Waals surface area contributed by atoms with Gasteiger partial charge in [0.25, 0.3) is 0 Å². The summed E-state index contributed by atoms with van der Waals surface area (Å²) in [5.74, 6) is 0.266. The highest BCUT2D eigenvalue weighted by molar-refractivity contribution is 6.29. The van der Waals surface area contributed by atoms with E-state index in [9.17, 15) is 4.39 Å². The molecule has 1 saturated heterocycles. The molecule has 1 aliphatic rings. The van der Waals surface area contributed by atoms with Crippen molar-refractivity contribution < 1.29 is 9.13 Å². The van der Waals surface area contributed by atoms with Crippen LogP contribution in [0.3, 0.4) is 0 Å². The van der Waals surface area contributed by atoms with E-state index in [1.807, 2.05) is 0 Å². The monoisotopic (exact) mass is 307 g/mol. The number of hydrogen-bond donors (Lipinski definition) is 1. The van der Waals surface area contributed by atoms with Crippen molar-refractivity contribution in [3.05, 3.63) is 41.6 Å². The molecule has 1 N–H and O–H groups in total. The van der Waals surface area contributed by atoms with Crippen LogP contribution in [0.15, 0.2) is 30.6 Å². The Morgan fingerprint density at radius 2 is 2.00 bits per heavy atom. The van der Waals surface area contributed by atoms with Gasteiger partial charge >= 0.3 is 0 Å². The number of hydrogen-bond acceptors (Lipinski definition) is 4. The van der Waals surface area contributed by atoms with E-state index in [4.69, 9.17) is 16.3 Å². The molecule has 1 fully saturated rings. The molecule has 3 heterocycles. The minimum atomic E-state index is -0.436. The maximum Gasteiger partial charge on any atom is 0.138 e. The summed E-state index contributed by atoms with van der Waals surface area (Å²) in [7, 11) is 0. The van der Waals surface area contributed by atoms with Crippen LogP contribution in [0.25, 0.3) is 11.3 Å². The Labute approximate surface area is 127 Å². The molecule has 0 spiro atoms. The van der Waals surface area contributed by atoms with Crippen LogP contribution in [0, 0.1) is 5.82 Å². The van der Waals surface area contributed by atoms with Gasteiger partial charge in [-0.25, -0.2) is 9.37 Å². The second-order valence-corrected chi connectivity index (χ2v) is 5.32. The largest absolute Gasteiger partial charge is 0.489 e. The van der Waals surface area contributed by atoms with Crippen molar-refractivity contribution in [2.45, 2.75) is 18.9 Å². The molecule has 1 aliphatic heterocycles. The lowest BCUT2D eigenvalue weighted by Gasteiger charge is -2.23. The minimum absolute atomic E-state index is 0.127. The summed E-state index contributed by atoms with van der Waals surface area (Å²) in [6.07, 6.45) is 5.18. The Hall–Kier alpha value is -1.72. The second-order valence-electron chi connectivity index (χ2n) is 4.93. The number of nitrogens with one attached hydrogen (secondary N) is 1. The number of rotatable bonds is 3. The van der Waals surface area contributed by atoms with E-state index in [2.05, 4.69) is 15.3 Å². The summed E-state index contributed by atoms with van der Waals surface area (Å²) in [6.45, 7) is 1.94. The van der Waals surface area contributed by atoms with Gasteiger partial charge in [-0.05, 0) is 38.1 Å². The van der Waals surface area contributed by atoms with Gasteiger partial charge in [-0.15, -0.1) is 0 Å². The molecule has 0 aromatic carbocycles. The van der Waals surface area contributed by atoms with Gasteiger partial charge < -0.3 is 10.1 Å². The first-order valence-corrected chi connectivity index (χ1v) is 7.25. The van der Waals surface area contributed by atoms with Crippen molar-refractivity contribution in [2.24, 2.45) is 0 Å². The summed E-state index contributed by atoms with van der Waals surface area (Å²) < 4.78 is 19.7. The molecule has 2 aromatic heterocycles. The zero-order valence-corrected chi connectivity index (χ0v) is 12.1. The first-order valence-electron chi connectivity index (χ1n) is 6.87. The molecule has 21 heavy (non-hydrogen) atoms. The van der Waals surface area contributed by atoms with Crippen molar-refractivity contribution in [1.82, 2.24) is 15.3 Å². The van der Waals surface area contributed by atoms with E-state index < -0.39 is 5.82 Å². The van der Waals surface area contributed by atoms with E-state index in [-0.39, 0.29) is 11.3 Å². The number of piperidine rings is 1. The molecule has 110 valence electrons. The van der Waals surface area contributed by atoms with Crippen molar-refractivity contribution in [2.75, 3.05) is 13.1 Å². The van der Waals surface area contributed by atoms with E-state index in [0.29, 0.717) is 17.0 Å². The van der Waals surface area contributed by atoms with Crippen LogP contribution in [0.2, 0.25) is 5.15 Å². The predicted octanol–water partition coefficient (Wildman–Crippen LogP) is 3.07. The van der Waals surface area contributed by atoms with Gasteiger partial charge in [0.05, 0.1) is 17.5 Å². The Morgan fingerprint density at radius 3 is 2.67 bits per heavy atom. The lowest BCUT2D eigenvalue weighted by Crippen LogP contribution is -2.34. The molecule has 0 atom stereocenters. The van der Waals surface area contributed by atoms with Gasteiger partial charge in [0.1, 0.15) is 22.8 Å². The molecule has 0 unspecified atom stereocenters. The number of ether oxygens (including phenoxy) is 1. The van der Waals surface area contributed by atoms with Crippen LogP contribution in [-0.2, 0) is 0 Å². The molecular weight excluding hydrogens is 293 g/mol. The maximum atomic E-state index is 13.8. The third kappa shape index (κ3) is 3.49.